The van der Waals surface area contributed by atoms with Gasteiger partial charge in [0.2, 0.25) is 11.8 Å². The van der Waals surface area contributed by atoms with Crippen molar-refractivity contribution >= 4 is 16.3 Å². The number of benzene rings is 2. The van der Waals surface area contributed by atoms with E-state index in [-0.39, 0.29) is 13.4 Å². The summed E-state index contributed by atoms with van der Waals surface area (Å²) >= 11 is 1.50. The van der Waals surface area contributed by atoms with Gasteiger partial charge in [0.1, 0.15) is 17.4 Å². The van der Waals surface area contributed by atoms with Crippen molar-refractivity contribution < 1.29 is 14.2 Å². The predicted octanol–water partition coefficient (Wildman–Crippen LogP) is 3.16. The van der Waals surface area contributed by atoms with Crippen molar-refractivity contribution in [1.29, 1.82) is 0 Å². The van der Waals surface area contributed by atoms with Gasteiger partial charge in [0.25, 0.3) is 0 Å². The molecule has 0 unspecified atom stereocenters. The van der Waals surface area contributed by atoms with Gasteiger partial charge in [-0.1, -0.05) is 41.7 Å². The molecule has 0 spiro atoms. The van der Waals surface area contributed by atoms with Gasteiger partial charge < -0.3 is 14.2 Å². The lowest BCUT2D eigenvalue weighted by Gasteiger charge is -2.05. The highest BCUT2D eigenvalue weighted by molar-refractivity contribution is 7.19. The maximum Gasteiger partial charge on any atom is 0.235 e. The minimum atomic E-state index is 0.241. The molecule has 1 aliphatic rings. The Labute approximate surface area is 146 Å². The highest BCUT2D eigenvalue weighted by Crippen LogP contribution is 2.35. The first-order chi connectivity index (χ1) is 12.4. The lowest BCUT2D eigenvalue weighted by molar-refractivity contribution is 0.173. The monoisotopic (exact) mass is 352 g/mol. The predicted molar refractivity (Wildman–Crippen MR) is 91.0 cm³/mol. The Kier molecular flexibility index (Phi) is 3.27. The van der Waals surface area contributed by atoms with E-state index in [4.69, 9.17) is 14.2 Å². The van der Waals surface area contributed by atoms with Gasteiger partial charge in [-0.25, -0.2) is 0 Å². The molecule has 5 rings (SSSR count). The van der Waals surface area contributed by atoms with Crippen LogP contribution in [0.1, 0.15) is 5.82 Å². The van der Waals surface area contributed by atoms with E-state index in [0.29, 0.717) is 17.3 Å². The zero-order chi connectivity index (χ0) is 16.6. The van der Waals surface area contributed by atoms with Crippen LogP contribution < -0.4 is 14.2 Å². The summed E-state index contributed by atoms with van der Waals surface area (Å²) in [5.74, 6) is 2.73. The van der Waals surface area contributed by atoms with Gasteiger partial charge in [-0.05, 0) is 12.1 Å². The second-order valence-corrected chi connectivity index (χ2v) is 6.34. The van der Waals surface area contributed by atoms with Crippen LogP contribution in [0.5, 0.6) is 17.2 Å². The average Bonchev–Trinajstić information content (AvgIpc) is 3.36. The van der Waals surface area contributed by atoms with Crippen molar-refractivity contribution in [3.8, 4) is 27.8 Å². The average molecular weight is 352 g/mol. The number of aromatic nitrogens is 4. The van der Waals surface area contributed by atoms with Crippen LogP contribution in [0.15, 0.2) is 48.5 Å². The fourth-order valence-electron chi connectivity index (χ4n) is 2.56. The minimum Gasteiger partial charge on any atom is -0.485 e. The van der Waals surface area contributed by atoms with E-state index in [1.165, 1.54) is 11.3 Å². The lowest BCUT2D eigenvalue weighted by Crippen LogP contribution is -2.02. The van der Waals surface area contributed by atoms with Crippen LogP contribution >= 0.6 is 11.3 Å². The van der Waals surface area contributed by atoms with Crippen LogP contribution in [0.2, 0.25) is 0 Å². The third-order valence-corrected chi connectivity index (χ3v) is 4.74. The SMILES string of the molecule is c1ccc(-c2nn3c(COc4ccc5c(c4)OCO5)nnc3s2)cc1. The Balaban J connectivity index is 1.39. The number of fused-ring (bicyclic) bond motifs is 2. The molecule has 7 nitrogen and oxygen atoms in total. The van der Waals surface area contributed by atoms with Crippen molar-refractivity contribution in [2.75, 3.05) is 6.79 Å². The van der Waals surface area contributed by atoms with Crippen molar-refractivity contribution in [2.45, 2.75) is 6.61 Å². The molecule has 0 N–H and O–H groups in total. The van der Waals surface area contributed by atoms with E-state index in [0.717, 1.165) is 21.3 Å². The van der Waals surface area contributed by atoms with Crippen LogP contribution in [0, 0.1) is 0 Å². The van der Waals surface area contributed by atoms with Crippen molar-refractivity contribution in [3.63, 3.8) is 0 Å². The Hall–Kier alpha value is -3.13. The molecule has 8 heteroatoms. The molecule has 25 heavy (non-hydrogen) atoms. The summed E-state index contributed by atoms with van der Waals surface area (Å²) in [5.41, 5.74) is 1.06. The maximum absolute atomic E-state index is 5.80. The summed E-state index contributed by atoms with van der Waals surface area (Å²) in [6, 6.07) is 15.5. The highest BCUT2D eigenvalue weighted by atomic mass is 32.1. The molecule has 0 radical (unpaired) electrons. The first kappa shape index (κ1) is 14.2. The summed E-state index contributed by atoms with van der Waals surface area (Å²) in [7, 11) is 0. The molecule has 0 fully saturated rings. The van der Waals surface area contributed by atoms with Gasteiger partial charge in [-0.3, -0.25) is 0 Å². The van der Waals surface area contributed by atoms with Crippen molar-refractivity contribution in [3.05, 3.63) is 54.4 Å². The lowest BCUT2D eigenvalue weighted by atomic mass is 10.2. The van der Waals surface area contributed by atoms with Crippen molar-refractivity contribution in [1.82, 2.24) is 19.8 Å². The number of nitrogens with zero attached hydrogens (tertiary/aromatic N) is 4. The zero-order valence-corrected chi connectivity index (χ0v) is 13.8. The summed E-state index contributed by atoms with van der Waals surface area (Å²) in [6.45, 7) is 0.503. The van der Waals surface area contributed by atoms with Gasteiger partial charge in [0, 0.05) is 11.6 Å². The maximum atomic E-state index is 5.80. The van der Waals surface area contributed by atoms with E-state index < -0.39 is 0 Å². The van der Waals surface area contributed by atoms with E-state index in [9.17, 15) is 0 Å². The molecular weight excluding hydrogens is 340 g/mol. The third kappa shape index (κ3) is 2.56. The third-order valence-electron chi connectivity index (χ3n) is 3.79. The highest BCUT2D eigenvalue weighted by Gasteiger charge is 2.16. The second-order valence-electron chi connectivity index (χ2n) is 5.39. The molecule has 0 saturated heterocycles. The molecule has 2 aromatic heterocycles. The Morgan fingerprint density at radius 3 is 2.84 bits per heavy atom. The first-order valence-electron chi connectivity index (χ1n) is 7.66. The topological polar surface area (TPSA) is 70.8 Å². The molecule has 0 atom stereocenters. The zero-order valence-electron chi connectivity index (χ0n) is 13.0. The number of rotatable bonds is 4. The van der Waals surface area contributed by atoms with Gasteiger partial charge in [0.05, 0.1) is 0 Å². The molecule has 1 aliphatic heterocycles. The van der Waals surface area contributed by atoms with Crippen LogP contribution in [0.25, 0.3) is 15.5 Å². The Morgan fingerprint density at radius 1 is 1.04 bits per heavy atom. The Bertz CT molecular complexity index is 1040. The smallest absolute Gasteiger partial charge is 0.235 e. The fraction of sp³-hybridized carbons (Fsp3) is 0.118. The molecule has 124 valence electrons. The van der Waals surface area contributed by atoms with Gasteiger partial charge in [-0.15, -0.1) is 10.2 Å². The van der Waals surface area contributed by atoms with Gasteiger partial charge in [-0.2, -0.15) is 9.61 Å². The Morgan fingerprint density at radius 2 is 1.92 bits per heavy atom. The summed E-state index contributed by atoms with van der Waals surface area (Å²) in [4.78, 5) is 0.739. The van der Waals surface area contributed by atoms with Gasteiger partial charge in [0.15, 0.2) is 17.3 Å². The molecular formula is C17H12N4O3S. The van der Waals surface area contributed by atoms with Crippen LogP contribution in [0.4, 0.5) is 0 Å². The fourth-order valence-corrected chi connectivity index (χ4v) is 3.42. The number of ether oxygens (including phenoxy) is 3. The quantitative estimate of drug-likeness (QED) is 0.562. The molecule has 4 aromatic rings. The first-order valence-corrected chi connectivity index (χ1v) is 8.47. The van der Waals surface area contributed by atoms with Gasteiger partial charge >= 0.3 is 0 Å². The summed E-state index contributed by atoms with van der Waals surface area (Å²) in [6.07, 6.45) is 0. The second kappa shape index (κ2) is 5.75. The minimum absolute atomic E-state index is 0.241. The van der Waals surface area contributed by atoms with Crippen molar-refractivity contribution in [2.24, 2.45) is 0 Å². The molecule has 2 aromatic carbocycles. The standard InChI is InChI=1S/C17H12N4O3S/c1-2-4-11(5-3-1)16-20-21-15(18-19-17(21)25-16)9-22-12-6-7-13-14(8-12)24-10-23-13/h1-8H,9-10H2. The summed E-state index contributed by atoms with van der Waals surface area (Å²) < 4.78 is 18.2. The summed E-state index contributed by atoms with van der Waals surface area (Å²) in [5, 5.41) is 13.8. The number of hydrogen-bond donors (Lipinski definition) is 0. The molecule has 0 aliphatic carbocycles. The normalized spacial score (nSPS) is 12.6. The largest absolute Gasteiger partial charge is 0.485 e. The molecule has 0 amide bonds. The van der Waals surface area contributed by atoms with Crippen LogP contribution in [-0.2, 0) is 6.61 Å². The van der Waals surface area contributed by atoms with E-state index >= 15 is 0 Å². The van der Waals surface area contributed by atoms with Crippen LogP contribution in [-0.4, -0.2) is 26.6 Å². The molecule has 3 heterocycles. The molecule has 0 saturated carbocycles. The van der Waals surface area contributed by atoms with E-state index in [1.807, 2.05) is 42.5 Å². The molecule has 0 bridgehead atoms. The van der Waals surface area contributed by atoms with E-state index in [1.54, 1.807) is 10.6 Å². The van der Waals surface area contributed by atoms with Crippen LogP contribution in [0.3, 0.4) is 0 Å². The van der Waals surface area contributed by atoms with E-state index in [2.05, 4.69) is 15.3 Å². The number of hydrogen-bond acceptors (Lipinski definition) is 7.